The molecule has 2 aromatic heterocycles. The lowest BCUT2D eigenvalue weighted by molar-refractivity contribution is -0.113. The number of aromatic nitrogens is 3. The third kappa shape index (κ3) is 4.71. The fraction of sp³-hybridized carbons (Fsp3) is 0.263. The number of carbonyl (C=O) groups is 1. The zero-order chi connectivity index (χ0) is 20.1. The zero-order valence-corrected chi connectivity index (χ0v) is 17.4. The molecule has 0 saturated heterocycles. The number of hydrogen-bond donors (Lipinski definition) is 1. The number of carbonyl (C=O) groups excluding carboxylic acids is 1. The van der Waals surface area contributed by atoms with E-state index in [0.29, 0.717) is 28.2 Å². The highest BCUT2D eigenvalue weighted by molar-refractivity contribution is 7.99. The number of anilines is 1. The van der Waals surface area contributed by atoms with E-state index >= 15 is 0 Å². The van der Waals surface area contributed by atoms with Crippen LogP contribution >= 0.6 is 23.1 Å². The van der Waals surface area contributed by atoms with E-state index in [9.17, 15) is 4.79 Å². The molecular weight excluding hydrogens is 394 g/mol. The van der Waals surface area contributed by atoms with Gasteiger partial charge in [0.1, 0.15) is 23.4 Å². The van der Waals surface area contributed by atoms with Crippen molar-refractivity contribution in [1.82, 2.24) is 14.8 Å². The molecule has 3 rings (SSSR count). The van der Waals surface area contributed by atoms with E-state index in [1.54, 1.807) is 11.4 Å². The van der Waals surface area contributed by atoms with Crippen molar-refractivity contribution >= 4 is 34.0 Å². The molecule has 0 bridgehead atoms. The third-order valence-corrected chi connectivity index (χ3v) is 5.99. The Morgan fingerprint density at radius 2 is 2.14 bits per heavy atom. The minimum absolute atomic E-state index is 0.173. The number of nitrogens with one attached hydrogen (secondary N) is 1. The highest BCUT2D eigenvalue weighted by atomic mass is 32.2. The fourth-order valence-corrected chi connectivity index (χ4v) is 3.82. The van der Waals surface area contributed by atoms with E-state index in [1.165, 1.54) is 34.2 Å². The number of thioether (sulfide) groups is 1. The number of thiophene rings is 1. The quantitative estimate of drug-likeness (QED) is 0.594. The van der Waals surface area contributed by atoms with Gasteiger partial charge in [0.2, 0.25) is 5.91 Å². The molecule has 1 amide bonds. The molecule has 0 atom stereocenters. The number of ether oxygens (including phenoxy) is 1. The van der Waals surface area contributed by atoms with Gasteiger partial charge in [-0.15, -0.1) is 21.5 Å². The summed E-state index contributed by atoms with van der Waals surface area (Å²) >= 11 is 2.61. The van der Waals surface area contributed by atoms with Crippen molar-refractivity contribution in [2.24, 2.45) is 7.05 Å². The van der Waals surface area contributed by atoms with Crippen LogP contribution in [0.15, 0.2) is 34.8 Å². The molecule has 0 saturated carbocycles. The van der Waals surface area contributed by atoms with Crippen LogP contribution in [0.3, 0.4) is 0 Å². The van der Waals surface area contributed by atoms with Crippen LogP contribution < -0.4 is 10.1 Å². The lowest BCUT2D eigenvalue weighted by Gasteiger charge is -2.08. The number of rotatable bonds is 7. The second-order valence-electron chi connectivity index (χ2n) is 6.10. The first-order chi connectivity index (χ1) is 13.5. The highest BCUT2D eigenvalue weighted by Gasteiger charge is 2.13. The van der Waals surface area contributed by atoms with Crippen LogP contribution in [-0.4, -0.2) is 26.4 Å². The molecule has 1 N–H and O–H groups in total. The summed E-state index contributed by atoms with van der Waals surface area (Å²) in [6, 6.07) is 9.67. The topological polar surface area (TPSA) is 92.8 Å². The van der Waals surface area contributed by atoms with Gasteiger partial charge in [0.05, 0.1) is 11.3 Å². The van der Waals surface area contributed by atoms with Crippen LogP contribution in [0, 0.1) is 25.2 Å². The molecular formula is C19H19N5O2S2. The Kier molecular flexibility index (Phi) is 6.34. The summed E-state index contributed by atoms with van der Waals surface area (Å²) in [5.74, 6) is 1.43. The minimum atomic E-state index is -0.195. The van der Waals surface area contributed by atoms with E-state index in [-0.39, 0.29) is 11.7 Å². The Morgan fingerprint density at radius 1 is 1.32 bits per heavy atom. The number of aryl methyl sites for hydroxylation is 2. The smallest absolute Gasteiger partial charge is 0.235 e. The van der Waals surface area contributed by atoms with Gasteiger partial charge in [0, 0.05) is 7.05 Å². The number of benzene rings is 1. The molecule has 2 heterocycles. The van der Waals surface area contributed by atoms with Crippen LogP contribution in [0.2, 0.25) is 0 Å². The largest absolute Gasteiger partial charge is 0.486 e. The Hall–Kier alpha value is -2.83. The second kappa shape index (κ2) is 8.91. The first-order valence-corrected chi connectivity index (χ1v) is 10.3. The van der Waals surface area contributed by atoms with Crippen molar-refractivity contribution in [3.8, 4) is 11.8 Å². The summed E-state index contributed by atoms with van der Waals surface area (Å²) in [6.45, 7) is 4.39. The van der Waals surface area contributed by atoms with Gasteiger partial charge in [-0.25, -0.2) is 0 Å². The molecule has 28 heavy (non-hydrogen) atoms. The predicted molar refractivity (Wildman–Crippen MR) is 110 cm³/mol. The highest BCUT2D eigenvalue weighted by Crippen LogP contribution is 2.23. The summed E-state index contributed by atoms with van der Waals surface area (Å²) in [4.78, 5) is 12.1. The second-order valence-corrected chi connectivity index (χ2v) is 7.96. The maximum atomic E-state index is 12.1. The SMILES string of the molecule is Cc1ccc(OCc2nnc(SCC(=O)Nc3sccc3C#N)n2C)cc1C. The van der Waals surface area contributed by atoms with Crippen LogP contribution in [0.1, 0.15) is 22.5 Å². The Labute approximate surface area is 171 Å². The first-order valence-electron chi connectivity index (χ1n) is 8.46. The molecule has 0 aliphatic carbocycles. The lowest BCUT2D eigenvalue weighted by atomic mass is 10.1. The van der Waals surface area contributed by atoms with Crippen molar-refractivity contribution in [2.45, 2.75) is 25.6 Å². The van der Waals surface area contributed by atoms with E-state index < -0.39 is 0 Å². The molecule has 9 heteroatoms. The van der Waals surface area contributed by atoms with Crippen molar-refractivity contribution in [3.63, 3.8) is 0 Å². The molecule has 144 valence electrons. The standard InChI is InChI=1S/C19H19N5O2S2/c1-12-4-5-15(8-13(12)2)26-10-16-22-23-19(24(16)3)28-11-17(25)21-18-14(9-20)6-7-27-18/h4-8H,10-11H2,1-3H3,(H,21,25). The van der Waals surface area contributed by atoms with Gasteiger partial charge in [-0.1, -0.05) is 17.8 Å². The lowest BCUT2D eigenvalue weighted by Crippen LogP contribution is -2.14. The molecule has 0 aliphatic rings. The minimum Gasteiger partial charge on any atom is -0.486 e. The van der Waals surface area contributed by atoms with Gasteiger partial charge in [-0.05, 0) is 48.6 Å². The van der Waals surface area contributed by atoms with Gasteiger partial charge in [-0.3, -0.25) is 4.79 Å². The van der Waals surface area contributed by atoms with Gasteiger partial charge in [0.15, 0.2) is 11.0 Å². The van der Waals surface area contributed by atoms with Crippen molar-refractivity contribution in [3.05, 3.63) is 52.2 Å². The molecule has 1 aromatic carbocycles. The van der Waals surface area contributed by atoms with Gasteiger partial charge < -0.3 is 14.6 Å². The predicted octanol–water partition coefficient (Wildman–Crippen LogP) is 3.67. The maximum Gasteiger partial charge on any atom is 0.235 e. The van der Waals surface area contributed by atoms with Crippen LogP contribution in [-0.2, 0) is 18.4 Å². The Balaban J connectivity index is 1.54. The summed E-state index contributed by atoms with van der Waals surface area (Å²) in [6.07, 6.45) is 0. The number of hydrogen-bond acceptors (Lipinski definition) is 7. The molecule has 3 aromatic rings. The average Bonchev–Trinajstić information content (AvgIpc) is 3.27. The normalized spacial score (nSPS) is 10.5. The number of amides is 1. The van der Waals surface area contributed by atoms with E-state index in [0.717, 1.165) is 5.75 Å². The van der Waals surface area contributed by atoms with Gasteiger partial charge in [0.25, 0.3) is 0 Å². The molecule has 0 fully saturated rings. The molecule has 0 spiro atoms. The average molecular weight is 414 g/mol. The van der Waals surface area contributed by atoms with E-state index in [2.05, 4.69) is 22.4 Å². The summed E-state index contributed by atoms with van der Waals surface area (Å²) in [7, 11) is 1.84. The van der Waals surface area contributed by atoms with Crippen molar-refractivity contribution < 1.29 is 9.53 Å². The van der Waals surface area contributed by atoms with Gasteiger partial charge in [-0.2, -0.15) is 5.26 Å². The molecule has 0 unspecified atom stereocenters. The van der Waals surface area contributed by atoms with E-state index in [1.807, 2.05) is 42.8 Å². The summed E-state index contributed by atoms with van der Waals surface area (Å²) in [5, 5.41) is 23.0. The maximum absolute atomic E-state index is 12.1. The summed E-state index contributed by atoms with van der Waals surface area (Å²) < 4.78 is 7.61. The zero-order valence-electron chi connectivity index (χ0n) is 15.7. The molecule has 0 aliphatic heterocycles. The third-order valence-electron chi connectivity index (χ3n) is 4.14. The van der Waals surface area contributed by atoms with Crippen LogP contribution in [0.5, 0.6) is 5.75 Å². The van der Waals surface area contributed by atoms with E-state index in [4.69, 9.17) is 10.00 Å². The molecule has 0 radical (unpaired) electrons. The Morgan fingerprint density at radius 3 is 2.89 bits per heavy atom. The van der Waals surface area contributed by atoms with Crippen LogP contribution in [0.25, 0.3) is 0 Å². The fourth-order valence-electron chi connectivity index (χ4n) is 2.33. The monoisotopic (exact) mass is 413 g/mol. The van der Waals surface area contributed by atoms with Crippen molar-refractivity contribution in [1.29, 1.82) is 5.26 Å². The summed E-state index contributed by atoms with van der Waals surface area (Å²) in [5.41, 5.74) is 2.85. The van der Waals surface area contributed by atoms with Gasteiger partial charge >= 0.3 is 0 Å². The number of nitrogens with zero attached hydrogens (tertiary/aromatic N) is 4. The first kappa shape index (κ1) is 19.9. The Bertz CT molecular complexity index is 1040. The molecule has 7 nitrogen and oxygen atoms in total. The van der Waals surface area contributed by atoms with Crippen molar-refractivity contribution in [2.75, 3.05) is 11.1 Å². The number of nitriles is 1. The van der Waals surface area contributed by atoms with Crippen LogP contribution in [0.4, 0.5) is 5.00 Å².